The zero-order valence-corrected chi connectivity index (χ0v) is 21.8. The third-order valence-corrected chi connectivity index (χ3v) is 6.86. The number of aryl methyl sites for hydroxylation is 2. The summed E-state index contributed by atoms with van der Waals surface area (Å²) in [6.45, 7) is 2.54. The number of halogens is 1. The molecule has 2 aromatic heterocycles. The smallest absolute Gasteiger partial charge is 0.326 e. The first-order valence-corrected chi connectivity index (χ1v) is 13.5. The van der Waals surface area contributed by atoms with Gasteiger partial charge in [0.1, 0.15) is 24.0 Å². The van der Waals surface area contributed by atoms with Gasteiger partial charge in [0.25, 0.3) is 0 Å². The van der Waals surface area contributed by atoms with Gasteiger partial charge in [-0.2, -0.15) is 0 Å². The fraction of sp³-hybridized carbons (Fsp3) is 0.448. The van der Waals surface area contributed by atoms with E-state index in [1.54, 1.807) is 6.20 Å². The molecule has 0 radical (unpaired) electrons. The number of alkyl halides is 1. The molecule has 1 unspecified atom stereocenters. The largest absolute Gasteiger partial charge is 0.480 e. The highest BCUT2D eigenvalue weighted by atomic mass is 19.1. The van der Waals surface area contributed by atoms with Gasteiger partial charge < -0.3 is 20.6 Å². The Morgan fingerprint density at radius 2 is 1.95 bits per heavy atom. The molecule has 1 aliphatic rings. The second kappa shape index (κ2) is 14.4. The van der Waals surface area contributed by atoms with Crippen LogP contribution in [0.4, 0.5) is 16.0 Å². The number of benzene rings is 1. The number of rotatable bonds is 15. The molecule has 1 aromatic carbocycles. The number of pyridine rings is 1. The summed E-state index contributed by atoms with van der Waals surface area (Å²) < 4.78 is 13.0. The van der Waals surface area contributed by atoms with E-state index < -0.39 is 12.0 Å². The average Bonchev–Trinajstić information content (AvgIpc) is 2.96. The Balaban J connectivity index is 1.30. The van der Waals surface area contributed by atoms with Gasteiger partial charge in [0.05, 0.1) is 6.67 Å². The van der Waals surface area contributed by atoms with Crippen molar-refractivity contribution in [2.45, 2.75) is 51.0 Å². The summed E-state index contributed by atoms with van der Waals surface area (Å²) in [6.07, 6.45) is 8.93. The number of unbranched alkanes of at least 4 members (excludes halogenated alkanes) is 1. The second-order valence-corrected chi connectivity index (χ2v) is 9.66. The summed E-state index contributed by atoms with van der Waals surface area (Å²) in [5, 5.41) is 16.4. The van der Waals surface area contributed by atoms with Gasteiger partial charge in [-0.05, 0) is 68.7 Å². The molecular weight excluding hydrogens is 483 g/mol. The molecular formula is C29H37FN6O2. The van der Waals surface area contributed by atoms with Crippen LogP contribution in [-0.4, -0.2) is 69.8 Å². The zero-order chi connectivity index (χ0) is 26.6. The van der Waals surface area contributed by atoms with Gasteiger partial charge in [0.15, 0.2) is 0 Å². The van der Waals surface area contributed by atoms with Gasteiger partial charge in [0, 0.05) is 37.1 Å². The van der Waals surface area contributed by atoms with E-state index in [-0.39, 0.29) is 6.67 Å². The van der Waals surface area contributed by atoms with Gasteiger partial charge in [-0.1, -0.05) is 36.4 Å². The lowest BCUT2D eigenvalue weighted by molar-refractivity contribution is -0.138. The van der Waals surface area contributed by atoms with Crippen molar-refractivity contribution >= 4 is 17.6 Å². The van der Waals surface area contributed by atoms with Gasteiger partial charge >= 0.3 is 5.97 Å². The monoisotopic (exact) mass is 520 g/mol. The summed E-state index contributed by atoms with van der Waals surface area (Å²) in [5.74, 6) is 0.561. The molecule has 3 N–H and O–H groups in total. The van der Waals surface area contributed by atoms with Gasteiger partial charge in [0.2, 0.25) is 0 Å². The van der Waals surface area contributed by atoms with Crippen LogP contribution in [0.3, 0.4) is 0 Å². The minimum Gasteiger partial charge on any atom is -0.480 e. The number of nitrogens with one attached hydrogen (secondary N) is 2. The molecule has 0 saturated carbocycles. The molecule has 0 bridgehead atoms. The maximum Gasteiger partial charge on any atom is 0.326 e. The summed E-state index contributed by atoms with van der Waals surface area (Å²) in [7, 11) is 0. The Hall–Kier alpha value is -3.59. The molecule has 202 valence electrons. The number of aliphatic carboxylic acids is 1. The van der Waals surface area contributed by atoms with Crippen molar-refractivity contribution in [1.29, 1.82) is 0 Å². The van der Waals surface area contributed by atoms with Crippen molar-refractivity contribution in [2.24, 2.45) is 0 Å². The average molecular weight is 521 g/mol. The van der Waals surface area contributed by atoms with E-state index in [2.05, 4.69) is 37.6 Å². The standard InChI is InChI=1S/C29H37FN6O2/c30-15-7-18-36(17-5-4-11-24-13-12-23-10-6-16-32-27(23)34-24)19-14-26(29(37)38)35-28-25(20-31-21-33-28)22-8-2-1-3-9-22/h1-3,8-9,12-13,20-21,26H,4-7,10-11,14-19H2,(H,32,34)(H,37,38)(H,31,33,35). The van der Waals surface area contributed by atoms with Crippen molar-refractivity contribution in [2.75, 3.05) is 43.5 Å². The van der Waals surface area contributed by atoms with E-state index in [1.165, 1.54) is 11.9 Å². The Bertz CT molecular complexity index is 1160. The lowest BCUT2D eigenvalue weighted by atomic mass is 10.1. The molecule has 3 heterocycles. The highest BCUT2D eigenvalue weighted by Crippen LogP contribution is 2.26. The number of hydrogen-bond donors (Lipinski definition) is 3. The van der Waals surface area contributed by atoms with Crippen LogP contribution in [0.15, 0.2) is 55.0 Å². The van der Waals surface area contributed by atoms with E-state index in [1.807, 2.05) is 30.3 Å². The number of aromatic nitrogens is 3. The van der Waals surface area contributed by atoms with E-state index in [4.69, 9.17) is 4.98 Å². The molecule has 1 atom stereocenters. The first-order valence-electron chi connectivity index (χ1n) is 13.5. The maximum absolute atomic E-state index is 13.0. The summed E-state index contributed by atoms with van der Waals surface area (Å²) in [4.78, 5) is 27.5. The van der Waals surface area contributed by atoms with E-state index in [9.17, 15) is 14.3 Å². The second-order valence-electron chi connectivity index (χ2n) is 9.66. The molecule has 3 aromatic rings. The van der Waals surface area contributed by atoms with Crippen molar-refractivity contribution in [3.63, 3.8) is 0 Å². The third-order valence-electron chi connectivity index (χ3n) is 6.86. The molecule has 38 heavy (non-hydrogen) atoms. The molecule has 0 amide bonds. The number of hydrogen-bond acceptors (Lipinski definition) is 7. The van der Waals surface area contributed by atoms with Crippen molar-refractivity contribution in [3.05, 3.63) is 66.2 Å². The SMILES string of the molecule is O=C(O)C(CCN(CCCF)CCCCc1ccc2c(n1)NCCC2)Nc1ncncc1-c1ccccc1. The number of carbonyl (C=O) groups is 1. The first kappa shape index (κ1) is 27.4. The van der Waals surface area contributed by atoms with Crippen molar-refractivity contribution < 1.29 is 14.3 Å². The first-order chi connectivity index (χ1) is 18.6. The van der Waals surface area contributed by atoms with Gasteiger partial charge in [-0.25, -0.2) is 19.7 Å². The summed E-state index contributed by atoms with van der Waals surface area (Å²) >= 11 is 0. The Morgan fingerprint density at radius 1 is 1.11 bits per heavy atom. The topological polar surface area (TPSA) is 103 Å². The minimum absolute atomic E-state index is 0.373. The Labute approximate surface area is 223 Å². The number of nitrogens with zero attached hydrogens (tertiary/aromatic N) is 4. The lowest BCUT2D eigenvalue weighted by Gasteiger charge is -2.24. The molecule has 9 heteroatoms. The fourth-order valence-corrected chi connectivity index (χ4v) is 4.78. The maximum atomic E-state index is 13.0. The van der Waals surface area contributed by atoms with E-state index in [0.717, 1.165) is 67.8 Å². The Kier molecular flexibility index (Phi) is 10.4. The number of fused-ring (bicyclic) bond motifs is 1. The zero-order valence-electron chi connectivity index (χ0n) is 21.8. The van der Waals surface area contributed by atoms with E-state index in [0.29, 0.717) is 31.7 Å². The predicted molar refractivity (Wildman–Crippen MR) is 148 cm³/mol. The van der Waals surface area contributed by atoms with Crippen molar-refractivity contribution in [1.82, 2.24) is 19.9 Å². The fourth-order valence-electron chi connectivity index (χ4n) is 4.78. The molecule has 8 nitrogen and oxygen atoms in total. The summed E-state index contributed by atoms with van der Waals surface area (Å²) in [6, 6.07) is 13.1. The van der Waals surface area contributed by atoms with Crippen LogP contribution >= 0.6 is 0 Å². The van der Waals surface area contributed by atoms with Crippen LogP contribution in [0.2, 0.25) is 0 Å². The van der Waals surface area contributed by atoms with Crippen LogP contribution in [0, 0.1) is 0 Å². The van der Waals surface area contributed by atoms with Crippen molar-refractivity contribution in [3.8, 4) is 11.1 Å². The highest BCUT2D eigenvalue weighted by Gasteiger charge is 2.21. The molecule has 1 aliphatic heterocycles. The van der Waals surface area contributed by atoms with Crippen LogP contribution in [-0.2, 0) is 17.6 Å². The highest BCUT2D eigenvalue weighted by molar-refractivity contribution is 5.81. The van der Waals surface area contributed by atoms with E-state index >= 15 is 0 Å². The Morgan fingerprint density at radius 3 is 2.76 bits per heavy atom. The third kappa shape index (κ3) is 7.95. The van der Waals surface area contributed by atoms with Gasteiger partial charge in [-0.3, -0.25) is 4.39 Å². The van der Waals surface area contributed by atoms with Crippen LogP contribution in [0.25, 0.3) is 11.1 Å². The molecule has 0 fully saturated rings. The molecule has 0 spiro atoms. The molecule has 0 saturated heterocycles. The van der Waals surface area contributed by atoms with Crippen LogP contribution in [0.5, 0.6) is 0 Å². The molecule has 4 rings (SSSR count). The van der Waals surface area contributed by atoms with Crippen LogP contribution in [0.1, 0.15) is 43.4 Å². The summed E-state index contributed by atoms with van der Waals surface area (Å²) in [5.41, 5.74) is 4.03. The number of carboxylic acid groups (broad SMARTS) is 1. The van der Waals surface area contributed by atoms with Gasteiger partial charge in [-0.15, -0.1) is 0 Å². The predicted octanol–water partition coefficient (Wildman–Crippen LogP) is 4.84. The van der Waals surface area contributed by atoms with Crippen LogP contribution < -0.4 is 10.6 Å². The normalized spacial score (nSPS) is 13.5. The quantitative estimate of drug-likeness (QED) is 0.245. The lowest BCUT2D eigenvalue weighted by Crippen LogP contribution is -2.36. The molecule has 0 aliphatic carbocycles. The number of anilines is 2. The number of carboxylic acids is 1. The minimum atomic E-state index is -0.944.